The number of pyridine rings is 2. The standard InChI is InChI=1S/C27H23ClN4O5S/c28-21-11-13-23(14-12-21)38(36,37)32(18-22-5-1-3-15-29-22)17-19-7-9-20(10-8-19)26(33)31-25(27(34)35)24-6-2-4-16-30-24/h1-16,25H,17-18H2,(H,31,33)(H,34,35). The van der Waals surface area contributed by atoms with Crippen LogP contribution in [0.15, 0.2) is 102 Å². The number of carbonyl (C=O) groups is 2. The molecule has 2 heterocycles. The second-order valence-corrected chi connectivity index (χ2v) is 10.6. The maximum absolute atomic E-state index is 13.5. The van der Waals surface area contributed by atoms with Crippen LogP contribution in [0.1, 0.15) is 33.4 Å². The van der Waals surface area contributed by atoms with Crippen LogP contribution in [0.2, 0.25) is 5.02 Å². The minimum absolute atomic E-state index is 0.00905. The molecule has 0 saturated heterocycles. The normalized spacial score (nSPS) is 12.2. The van der Waals surface area contributed by atoms with Gasteiger partial charge in [0.1, 0.15) is 0 Å². The van der Waals surface area contributed by atoms with Gasteiger partial charge in [-0.2, -0.15) is 4.31 Å². The van der Waals surface area contributed by atoms with Gasteiger partial charge in [0.25, 0.3) is 5.91 Å². The lowest BCUT2D eigenvalue weighted by molar-refractivity contribution is -0.139. The van der Waals surface area contributed by atoms with Gasteiger partial charge in [-0.25, -0.2) is 13.2 Å². The average molecular weight is 551 g/mol. The zero-order valence-electron chi connectivity index (χ0n) is 19.9. The summed E-state index contributed by atoms with van der Waals surface area (Å²) in [7, 11) is -3.91. The highest BCUT2D eigenvalue weighted by molar-refractivity contribution is 7.89. The van der Waals surface area contributed by atoms with E-state index in [9.17, 15) is 23.1 Å². The lowest BCUT2D eigenvalue weighted by Gasteiger charge is -2.22. The molecule has 0 aliphatic heterocycles. The maximum Gasteiger partial charge on any atom is 0.332 e. The van der Waals surface area contributed by atoms with Crippen molar-refractivity contribution in [3.63, 3.8) is 0 Å². The van der Waals surface area contributed by atoms with Crippen molar-refractivity contribution >= 4 is 33.5 Å². The summed E-state index contributed by atoms with van der Waals surface area (Å²) in [6.45, 7) is 0.0352. The average Bonchev–Trinajstić information content (AvgIpc) is 2.93. The van der Waals surface area contributed by atoms with Gasteiger partial charge in [-0.05, 0) is 66.2 Å². The molecule has 0 fully saturated rings. The number of hydrogen-bond acceptors (Lipinski definition) is 6. The van der Waals surface area contributed by atoms with Gasteiger partial charge in [-0.15, -0.1) is 0 Å². The van der Waals surface area contributed by atoms with Crippen LogP contribution >= 0.6 is 11.6 Å². The van der Waals surface area contributed by atoms with E-state index < -0.39 is 27.9 Å². The minimum Gasteiger partial charge on any atom is -0.479 e. The molecular weight excluding hydrogens is 528 g/mol. The van der Waals surface area contributed by atoms with Gasteiger partial charge in [-0.1, -0.05) is 35.9 Å². The Bertz CT molecular complexity index is 1500. The Labute approximate surface area is 224 Å². The van der Waals surface area contributed by atoms with Crippen molar-refractivity contribution in [3.05, 3.63) is 125 Å². The van der Waals surface area contributed by atoms with Crippen LogP contribution in [0.5, 0.6) is 0 Å². The molecule has 2 aromatic heterocycles. The fourth-order valence-corrected chi connectivity index (χ4v) is 5.17. The predicted octanol–water partition coefficient (Wildman–Crippen LogP) is 4.08. The molecule has 0 aliphatic rings. The largest absolute Gasteiger partial charge is 0.479 e. The summed E-state index contributed by atoms with van der Waals surface area (Å²) in [5.41, 5.74) is 1.60. The third-order valence-electron chi connectivity index (χ3n) is 5.60. The minimum atomic E-state index is -3.91. The first-order valence-electron chi connectivity index (χ1n) is 11.4. The molecule has 0 aliphatic carbocycles. The van der Waals surface area contributed by atoms with E-state index in [2.05, 4.69) is 15.3 Å². The topological polar surface area (TPSA) is 130 Å². The molecule has 4 aromatic rings. The van der Waals surface area contributed by atoms with Crippen molar-refractivity contribution < 1.29 is 23.1 Å². The summed E-state index contributed by atoms with van der Waals surface area (Å²) in [6.07, 6.45) is 3.03. The number of carbonyl (C=O) groups excluding carboxylic acids is 1. The number of nitrogens with zero attached hydrogens (tertiary/aromatic N) is 3. The van der Waals surface area contributed by atoms with Gasteiger partial charge in [0.15, 0.2) is 6.04 Å². The molecule has 38 heavy (non-hydrogen) atoms. The van der Waals surface area contributed by atoms with Gasteiger partial charge in [0, 0.05) is 29.5 Å². The van der Waals surface area contributed by atoms with Crippen molar-refractivity contribution in [1.29, 1.82) is 0 Å². The molecule has 1 unspecified atom stereocenters. The molecule has 0 saturated carbocycles. The molecule has 2 aromatic carbocycles. The Morgan fingerprint density at radius 2 is 1.53 bits per heavy atom. The highest BCUT2D eigenvalue weighted by atomic mass is 35.5. The summed E-state index contributed by atoms with van der Waals surface area (Å²) < 4.78 is 28.2. The molecule has 4 rings (SSSR count). The highest BCUT2D eigenvalue weighted by Crippen LogP contribution is 2.23. The fourth-order valence-electron chi connectivity index (χ4n) is 3.64. The SMILES string of the molecule is O=C(NC(C(=O)O)c1ccccn1)c1ccc(CN(Cc2ccccn2)S(=O)(=O)c2ccc(Cl)cc2)cc1. The zero-order valence-corrected chi connectivity index (χ0v) is 21.5. The van der Waals surface area contributed by atoms with Crippen LogP contribution in [0.25, 0.3) is 0 Å². The smallest absolute Gasteiger partial charge is 0.332 e. The Morgan fingerprint density at radius 1 is 0.868 bits per heavy atom. The zero-order chi connectivity index (χ0) is 27.1. The number of sulfonamides is 1. The van der Waals surface area contributed by atoms with Crippen LogP contribution in [-0.4, -0.2) is 39.7 Å². The van der Waals surface area contributed by atoms with Crippen molar-refractivity contribution in [3.8, 4) is 0 Å². The van der Waals surface area contributed by atoms with E-state index in [0.717, 1.165) is 0 Å². The van der Waals surface area contributed by atoms with Gasteiger partial charge in [-0.3, -0.25) is 14.8 Å². The number of nitrogens with one attached hydrogen (secondary N) is 1. The molecule has 2 N–H and O–H groups in total. The number of rotatable bonds is 10. The van der Waals surface area contributed by atoms with Crippen molar-refractivity contribution in [2.75, 3.05) is 0 Å². The molecule has 0 bridgehead atoms. The number of aromatic nitrogens is 2. The van der Waals surface area contributed by atoms with Crippen LogP contribution in [0.3, 0.4) is 0 Å². The second-order valence-electron chi connectivity index (χ2n) is 8.24. The van der Waals surface area contributed by atoms with Gasteiger partial charge >= 0.3 is 5.97 Å². The van der Waals surface area contributed by atoms with E-state index in [0.29, 0.717) is 16.3 Å². The molecule has 1 amide bonds. The predicted molar refractivity (Wildman–Crippen MR) is 141 cm³/mol. The maximum atomic E-state index is 13.5. The molecule has 9 nitrogen and oxygen atoms in total. The van der Waals surface area contributed by atoms with E-state index >= 15 is 0 Å². The summed E-state index contributed by atoms with van der Waals surface area (Å²) in [5.74, 6) is -1.85. The number of carboxylic acid groups (broad SMARTS) is 1. The van der Waals surface area contributed by atoms with Crippen LogP contribution in [-0.2, 0) is 27.9 Å². The summed E-state index contributed by atoms with van der Waals surface area (Å²) in [6, 6.07) is 20.9. The third kappa shape index (κ3) is 6.60. The van der Waals surface area contributed by atoms with Crippen LogP contribution in [0, 0.1) is 0 Å². The molecular formula is C27H23ClN4O5S. The Kier molecular flexibility index (Phi) is 8.47. The molecule has 0 spiro atoms. The number of benzene rings is 2. The summed E-state index contributed by atoms with van der Waals surface area (Å²) in [5, 5.41) is 12.4. The van der Waals surface area contributed by atoms with Crippen LogP contribution in [0.4, 0.5) is 0 Å². The molecule has 11 heteroatoms. The lowest BCUT2D eigenvalue weighted by Crippen LogP contribution is -2.34. The quantitative estimate of drug-likeness (QED) is 0.304. The second kappa shape index (κ2) is 12.0. The van der Waals surface area contributed by atoms with E-state index in [4.69, 9.17) is 11.6 Å². The van der Waals surface area contributed by atoms with E-state index in [1.54, 1.807) is 48.7 Å². The number of hydrogen-bond donors (Lipinski definition) is 2. The van der Waals surface area contributed by atoms with Crippen molar-refractivity contribution in [2.24, 2.45) is 0 Å². The third-order valence-corrected chi connectivity index (χ3v) is 7.65. The van der Waals surface area contributed by atoms with Gasteiger partial charge in [0.05, 0.1) is 22.8 Å². The van der Waals surface area contributed by atoms with E-state index in [-0.39, 0.29) is 29.2 Å². The van der Waals surface area contributed by atoms with Gasteiger partial charge in [0.2, 0.25) is 10.0 Å². The van der Waals surface area contributed by atoms with E-state index in [1.807, 2.05) is 0 Å². The molecule has 1 atom stereocenters. The summed E-state index contributed by atoms with van der Waals surface area (Å²) in [4.78, 5) is 32.8. The van der Waals surface area contributed by atoms with Crippen molar-refractivity contribution in [2.45, 2.75) is 24.0 Å². The Morgan fingerprint density at radius 3 is 2.11 bits per heavy atom. The highest BCUT2D eigenvalue weighted by Gasteiger charge is 2.26. The Balaban J connectivity index is 1.55. The summed E-state index contributed by atoms with van der Waals surface area (Å²) >= 11 is 5.94. The number of halogens is 1. The lowest BCUT2D eigenvalue weighted by atomic mass is 10.1. The van der Waals surface area contributed by atoms with Gasteiger partial charge < -0.3 is 10.4 Å². The first kappa shape index (κ1) is 26.9. The molecule has 0 radical (unpaired) electrons. The number of aliphatic carboxylic acids is 1. The monoisotopic (exact) mass is 550 g/mol. The molecule has 194 valence electrons. The fraction of sp³-hybridized carbons (Fsp3) is 0.111. The van der Waals surface area contributed by atoms with Crippen molar-refractivity contribution in [1.82, 2.24) is 19.6 Å². The van der Waals surface area contributed by atoms with E-state index in [1.165, 1.54) is 53.0 Å². The first-order chi connectivity index (χ1) is 18.2. The number of amides is 1. The Hall–Kier alpha value is -4.12. The number of carboxylic acids is 1. The van der Waals surface area contributed by atoms with Crippen LogP contribution < -0.4 is 5.32 Å². The first-order valence-corrected chi connectivity index (χ1v) is 13.2.